The van der Waals surface area contributed by atoms with Crippen molar-refractivity contribution in [2.45, 2.75) is 52.0 Å². The monoisotopic (exact) mass is 380 g/mol. The number of carbonyl (C=O) groups excluding carboxylic acids is 1. The molecule has 1 unspecified atom stereocenters. The Kier molecular flexibility index (Phi) is 5.79. The fourth-order valence-electron chi connectivity index (χ4n) is 3.81. The van der Waals surface area contributed by atoms with Crippen LogP contribution in [0.25, 0.3) is 0 Å². The Labute approximate surface area is 155 Å². The average molecular weight is 381 g/mol. The quantitative estimate of drug-likeness (QED) is 0.792. The van der Waals surface area contributed by atoms with Crippen molar-refractivity contribution in [1.29, 1.82) is 0 Å². The summed E-state index contributed by atoms with van der Waals surface area (Å²) >= 11 is 0. The van der Waals surface area contributed by atoms with Crippen LogP contribution in [0.3, 0.4) is 0 Å². The summed E-state index contributed by atoms with van der Waals surface area (Å²) in [5, 5.41) is 0. The van der Waals surface area contributed by atoms with Gasteiger partial charge in [-0.05, 0) is 39.2 Å². The van der Waals surface area contributed by atoms with Gasteiger partial charge < -0.3 is 9.80 Å². The smallest absolute Gasteiger partial charge is 0.272 e. The van der Waals surface area contributed by atoms with Gasteiger partial charge in [0.25, 0.3) is 5.91 Å². The van der Waals surface area contributed by atoms with E-state index in [0.717, 1.165) is 44.5 Å². The Morgan fingerprint density at radius 3 is 2.50 bits per heavy atom. The van der Waals surface area contributed by atoms with Crippen LogP contribution in [0.4, 0.5) is 5.95 Å². The van der Waals surface area contributed by atoms with Gasteiger partial charge in [0.15, 0.2) is 9.84 Å². The van der Waals surface area contributed by atoms with Crippen LogP contribution < -0.4 is 4.90 Å². The number of nitrogens with zero attached hydrogens (tertiary/aromatic N) is 4. The van der Waals surface area contributed by atoms with E-state index in [4.69, 9.17) is 0 Å². The lowest BCUT2D eigenvalue weighted by atomic mass is 10.2. The number of anilines is 1. The summed E-state index contributed by atoms with van der Waals surface area (Å²) in [5.74, 6) is 0.758. The van der Waals surface area contributed by atoms with Gasteiger partial charge in [0, 0.05) is 31.4 Å². The number of likely N-dealkylation sites (tertiary alicyclic amines) is 1. The number of sulfone groups is 1. The van der Waals surface area contributed by atoms with Gasteiger partial charge in [-0.25, -0.2) is 18.4 Å². The molecular formula is C18H28N4O3S. The molecule has 0 saturated carbocycles. The van der Waals surface area contributed by atoms with Crippen molar-refractivity contribution in [2.75, 3.05) is 36.0 Å². The van der Waals surface area contributed by atoms with Crippen LogP contribution in [-0.2, 0) is 9.84 Å². The zero-order chi connectivity index (χ0) is 18.7. The summed E-state index contributed by atoms with van der Waals surface area (Å²) in [6.45, 7) is 5.97. The molecule has 2 aliphatic heterocycles. The van der Waals surface area contributed by atoms with Gasteiger partial charge in [-0.1, -0.05) is 12.8 Å². The molecule has 0 aliphatic carbocycles. The number of rotatable bonds is 4. The molecule has 0 spiro atoms. The van der Waals surface area contributed by atoms with E-state index < -0.39 is 9.84 Å². The number of carbonyl (C=O) groups is 1. The summed E-state index contributed by atoms with van der Waals surface area (Å²) in [6, 6.07) is 1.61. The third kappa shape index (κ3) is 4.34. The second kappa shape index (κ2) is 7.90. The molecule has 1 aromatic heterocycles. The first-order chi connectivity index (χ1) is 12.4. The Hall–Kier alpha value is -1.70. The molecule has 0 N–H and O–H groups in total. The lowest BCUT2D eigenvalue weighted by Crippen LogP contribution is -2.38. The highest BCUT2D eigenvalue weighted by atomic mass is 32.2. The number of aryl methyl sites for hydroxylation is 1. The molecule has 3 heterocycles. The summed E-state index contributed by atoms with van der Waals surface area (Å²) in [7, 11) is -2.99. The number of hydrogen-bond acceptors (Lipinski definition) is 6. The summed E-state index contributed by atoms with van der Waals surface area (Å²) in [4.78, 5) is 25.7. The molecule has 0 radical (unpaired) electrons. The van der Waals surface area contributed by atoms with Gasteiger partial charge in [-0.15, -0.1) is 0 Å². The molecule has 2 saturated heterocycles. The highest BCUT2D eigenvalue weighted by Gasteiger charge is 2.33. The lowest BCUT2D eigenvalue weighted by molar-refractivity contribution is 0.0755. The molecule has 1 atom stereocenters. The van der Waals surface area contributed by atoms with Crippen LogP contribution in [0, 0.1) is 6.92 Å². The Morgan fingerprint density at radius 1 is 1.23 bits per heavy atom. The number of amides is 1. The summed E-state index contributed by atoms with van der Waals surface area (Å²) in [6.07, 6.45) is 4.98. The summed E-state index contributed by atoms with van der Waals surface area (Å²) < 4.78 is 23.7. The molecular weight excluding hydrogens is 352 g/mol. The largest absolute Gasteiger partial charge is 0.337 e. The van der Waals surface area contributed by atoms with Crippen molar-refractivity contribution in [3.05, 3.63) is 17.5 Å². The first kappa shape index (κ1) is 19.1. The predicted octanol–water partition coefficient (Wildman–Crippen LogP) is 1.81. The second-order valence-electron chi connectivity index (χ2n) is 7.24. The molecule has 0 bridgehead atoms. The van der Waals surface area contributed by atoms with E-state index in [-0.39, 0.29) is 23.5 Å². The minimum Gasteiger partial charge on any atom is -0.337 e. The molecule has 2 fully saturated rings. The Bertz CT molecular complexity index is 758. The fourth-order valence-corrected chi connectivity index (χ4v) is 5.54. The van der Waals surface area contributed by atoms with Gasteiger partial charge in [0.1, 0.15) is 5.69 Å². The number of hydrogen-bond donors (Lipinski definition) is 0. The maximum Gasteiger partial charge on any atom is 0.272 e. The molecule has 7 nitrogen and oxygen atoms in total. The van der Waals surface area contributed by atoms with Gasteiger partial charge in [0.2, 0.25) is 5.95 Å². The topological polar surface area (TPSA) is 83.5 Å². The van der Waals surface area contributed by atoms with Crippen molar-refractivity contribution >= 4 is 21.7 Å². The molecule has 3 rings (SSSR count). The van der Waals surface area contributed by atoms with E-state index >= 15 is 0 Å². The van der Waals surface area contributed by atoms with Gasteiger partial charge in [-0.3, -0.25) is 4.79 Å². The molecule has 8 heteroatoms. The van der Waals surface area contributed by atoms with Crippen LogP contribution in [-0.4, -0.2) is 66.4 Å². The lowest BCUT2D eigenvalue weighted by Gasteiger charge is -2.27. The maximum absolute atomic E-state index is 12.9. The minimum atomic E-state index is -2.99. The van der Waals surface area contributed by atoms with Gasteiger partial charge in [-0.2, -0.15) is 0 Å². The molecule has 2 aliphatic rings. The zero-order valence-electron chi connectivity index (χ0n) is 15.6. The highest BCUT2D eigenvalue weighted by molar-refractivity contribution is 7.91. The molecule has 144 valence electrons. The van der Waals surface area contributed by atoms with E-state index in [1.165, 1.54) is 0 Å². The van der Waals surface area contributed by atoms with E-state index in [1.807, 2.05) is 23.6 Å². The van der Waals surface area contributed by atoms with Crippen LogP contribution in [0.2, 0.25) is 0 Å². The molecule has 1 amide bonds. The Morgan fingerprint density at radius 2 is 1.92 bits per heavy atom. The van der Waals surface area contributed by atoms with Crippen molar-refractivity contribution in [2.24, 2.45) is 0 Å². The van der Waals surface area contributed by atoms with E-state index in [1.54, 1.807) is 6.07 Å². The maximum atomic E-state index is 12.9. The van der Waals surface area contributed by atoms with Crippen molar-refractivity contribution < 1.29 is 13.2 Å². The van der Waals surface area contributed by atoms with Crippen LogP contribution in [0.5, 0.6) is 0 Å². The molecule has 0 aromatic carbocycles. The SMILES string of the molecule is CCN(c1nc(C)cc(C(=O)N2CCCCCC2)n1)C1CCS(=O)(=O)C1. The number of aromatic nitrogens is 2. The molecule has 26 heavy (non-hydrogen) atoms. The van der Waals surface area contributed by atoms with Crippen LogP contribution >= 0.6 is 0 Å². The first-order valence-corrected chi connectivity index (χ1v) is 11.3. The van der Waals surface area contributed by atoms with E-state index in [2.05, 4.69) is 9.97 Å². The minimum absolute atomic E-state index is 0.0475. The normalized spacial score (nSPS) is 22.8. The zero-order valence-corrected chi connectivity index (χ0v) is 16.5. The second-order valence-corrected chi connectivity index (χ2v) is 9.47. The third-order valence-electron chi connectivity index (χ3n) is 5.20. The van der Waals surface area contributed by atoms with Gasteiger partial charge in [0.05, 0.1) is 11.5 Å². The van der Waals surface area contributed by atoms with E-state index in [9.17, 15) is 13.2 Å². The van der Waals surface area contributed by atoms with Gasteiger partial charge >= 0.3 is 0 Å². The third-order valence-corrected chi connectivity index (χ3v) is 6.95. The first-order valence-electron chi connectivity index (χ1n) is 9.51. The molecule has 1 aromatic rings. The van der Waals surface area contributed by atoms with E-state index in [0.29, 0.717) is 24.6 Å². The van der Waals surface area contributed by atoms with Crippen molar-refractivity contribution in [1.82, 2.24) is 14.9 Å². The predicted molar refractivity (Wildman–Crippen MR) is 101 cm³/mol. The standard InChI is InChI=1S/C18H28N4O3S/c1-3-22(15-8-11-26(24,25)13-15)18-19-14(2)12-16(20-18)17(23)21-9-6-4-5-7-10-21/h12,15H,3-11,13H2,1-2H3. The highest BCUT2D eigenvalue weighted by Crippen LogP contribution is 2.23. The van der Waals surface area contributed by atoms with Crippen LogP contribution in [0.1, 0.15) is 55.2 Å². The average Bonchev–Trinajstić information content (AvgIpc) is 2.80. The Balaban J connectivity index is 1.85. The van der Waals surface area contributed by atoms with Crippen molar-refractivity contribution in [3.63, 3.8) is 0 Å². The fraction of sp³-hybridized carbons (Fsp3) is 0.722. The van der Waals surface area contributed by atoms with Crippen molar-refractivity contribution in [3.8, 4) is 0 Å². The van der Waals surface area contributed by atoms with Crippen LogP contribution in [0.15, 0.2) is 6.07 Å². The summed E-state index contributed by atoms with van der Waals surface area (Å²) in [5.41, 5.74) is 1.14.